The van der Waals surface area contributed by atoms with Crippen molar-refractivity contribution in [1.29, 1.82) is 0 Å². The first-order valence-electron chi connectivity index (χ1n) is 5.41. The van der Waals surface area contributed by atoms with Crippen molar-refractivity contribution in [3.63, 3.8) is 0 Å². The Morgan fingerprint density at radius 3 is 2.71 bits per heavy atom. The van der Waals surface area contributed by atoms with Gasteiger partial charge in [0.05, 0.1) is 19.1 Å². The lowest BCUT2D eigenvalue weighted by Crippen LogP contribution is -2.35. The minimum Gasteiger partial charge on any atom is -0.460 e. The zero-order valence-electron chi connectivity index (χ0n) is 9.27. The quantitative estimate of drug-likeness (QED) is 0.829. The highest BCUT2D eigenvalue weighted by molar-refractivity contribution is 6.30. The number of hydrogen-bond acceptors (Lipinski definition) is 4. The molecule has 4 nitrogen and oxygen atoms in total. The summed E-state index contributed by atoms with van der Waals surface area (Å²) in [5.41, 5.74) is 6.62. The third-order valence-electron chi connectivity index (χ3n) is 2.72. The Balaban J connectivity index is 1.85. The molecule has 0 bridgehead atoms. The van der Waals surface area contributed by atoms with Crippen molar-refractivity contribution in [2.75, 3.05) is 13.2 Å². The lowest BCUT2D eigenvalue weighted by molar-refractivity contribution is -0.150. The van der Waals surface area contributed by atoms with Crippen molar-refractivity contribution in [2.24, 2.45) is 11.7 Å². The Kier molecular flexibility index (Phi) is 3.99. The van der Waals surface area contributed by atoms with E-state index in [1.54, 1.807) is 12.1 Å². The van der Waals surface area contributed by atoms with Crippen LogP contribution in [0, 0.1) is 5.92 Å². The third-order valence-corrected chi connectivity index (χ3v) is 2.97. The van der Waals surface area contributed by atoms with E-state index in [0.29, 0.717) is 18.2 Å². The maximum absolute atomic E-state index is 11.7. The van der Waals surface area contributed by atoms with E-state index in [2.05, 4.69) is 0 Å². The predicted molar refractivity (Wildman–Crippen MR) is 63.5 cm³/mol. The molecule has 0 spiro atoms. The molecule has 1 aromatic carbocycles. The van der Waals surface area contributed by atoms with E-state index in [-0.39, 0.29) is 24.5 Å². The van der Waals surface area contributed by atoms with Crippen LogP contribution in [0.25, 0.3) is 0 Å². The summed E-state index contributed by atoms with van der Waals surface area (Å²) in [5, 5.41) is 0.659. The van der Waals surface area contributed by atoms with Crippen molar-refractivity contribution in [3.05, 3.63) is 34.9 Å². The van der Waals surface area contributed by atoms with Gasteiger partial charge >= 0.3 is 5.97 Å². The van der Waals surface area contributed by atoms with Crippen LogP contribution in [-0.4, -0.2) is 25.2 Å². The second kappa shape index (κ2) is 5.49. The Morgan fingerprint density at radius 1 is 1.41 bits per heavy atom. The van der Waals surface area contributed by atoms with Gasteiger partial charge < -0.3 is 15.2 Å². The van der Waals surface area contributed by atoms with Gasteiger partial charge in [0, 0.05) is 11.1 Å². The standard InChI is InChI=1S/C12H14ClNO3/c13-9-3-1-8(2-4-9)5-17-12(15)10-6-16-7-11(10)14/h1-4,10-11H,5-7,14H2. The molecule has 1 aromatic rings. The van der Waals surface area contributed by atoms with Gasteiger partial charge in [-0.15, -0.1) is 0 Å². The molecule has 0 aromatic heterocycles. The van der Waals surface area contributed by atoms with Crippen LogP contribution in [0.4, 0.5) is 0 Å². The molecule has 0 aliphatic carbocycles. The molecule has 5 heteroatoms. The highest BCUT2D eigenvalue weighted by Gasteiger charge is 2.32. The van der Waals surface area contributed by atoms with E-state index in [1.807, 2.05) is 12.1 Å². The number of hydrogen-bond donors (Lipinski definition) is 1. The van der Waals surface area contributed by atoms with Gasteiger partial charge in [0.2, 0.25) is 0 Å². The smallest absolute Gasteiger partial charge is 0.313 e. The van der Waals surface area contributed by atoms with E-state index in [1.165, 1.54) is 0 Å². The maximum atomic E-state index is 11.7. The minimum absolute atomic E-state index is 0.235. The summed E-state index contributed by atoms with van der Waals surface area (Å²) >= 11 is 5.76. The number of carbonyl (C=O) groups excluding carboxylic acids is 1. The first kappa shape index (κ1) is 12.4. The molecule has 1 fully saturated rings. The number of benzene rings is 1. The molecule has 0 radical (unpaired) electrons. The summed E-state index contributed by atoms with van der Waals surface area (Å²) in [7, 11) is 0. The number of esters is 1. The van der Waals surface area contributed by atoms with E-state index >= 15 is 0 Å². The van der Waals surface area contributed by atoms with Gasteiger partial charge in [-0.3, -0.25) is 4.79 Å². The highest BCUT2D eigenvalue weighted by atomic mass is 35.5. The molecule has 2 unspecified atom stereocenters. The van der Waals surface area contributed by atoms with Gasteiger partial charge in [0.1, 0.15) is 6.61 Å². The molecule has 1 saturated heterocycles. The van der Waals surface area contributed by atoms with Crippen LogP contribution in [0.2, 0.25) is 5.02 Å². The molecule has 92 valence electrons. The van der Waals surface area contributed by atoms with Crippen LogP contribution in [0.5, 0.6) is 0 Å². The fourth-order valence-corrected chi connectivity index (χ4v) is 1.78. The topological polar surface area (TPSA) is 61.5 Å². The summed E-state index contributed by atoms with van der Waals surface area (Å²) in [6, 6.07) is 6.90. The Labute approximate surface area is 105 Å². The largest absolute Gasteiger partial charge is 0.460 e. The van der Waals surface area contributed by atoms with Gasteiger partial charge in [-0.2, -0.15) is 0 Å². The Hall–Kier alpha value is -1.10. The Bertz CT molecular complexity index is 393. The molecular weight excluding hydrogens is 242 g/mol. The van der Waals surface area contributed by atoms with Gasteiger partial charge in [-0.25, -0.2) is 0 Å². The van der Waals surface area contributed by atoms with Crippen LogP contribution in [0.3, 0.4) is 0 Å². The highest BCUT2D eigenvalue weighted by Crippen LogP contribution is 2.15. The zero-order chi connectivity index (χ0) is 12.3. The number of ether oxygens (including phenoxy) is 2. The minimum atomic E-state index is -0.345. The van der Waals surface area contributed by atoms with Crippen molar-refractivity contribution in [3.8, 4) is 0 Å². The van der Waals surface area contributed by atoms with Crippen molar-refractivity contribution in [1.82, 2.24) is 0 Å². The predicted octanol–water partition coefficient (Wildman–Crippen LogP) is 1.36. The lowest BCUT2D eigenvalue weighted by atomic mass is 10.1. The fraction of sp³-hybridized carbons (Fsp3) is 0.417. The number of nitrogens with two attached hydrogens (primary N) is 1. The first-order valence-corrected chi connectivity index (χ1v) is 5.79. The third kappa shape index (κ3) is 3.19. The van der Waals surface area contributed by atoms with Gasteiger partial charge in [-0.1, -0.05) is 23.7 Å². The molecule has 17 heavy (non-hydrogen) atoms. The number of carbonyl (C=O) groups is 1. The summed E-state index contributed by atoms with van der Waals surface area (Å²) in [6.07, 6.45) is 0. The first-order chi connectivity index (χ1) is 8.16. The molecule has 2 atom stereocenters. The number of rotatable bonds is 3. The van der Waals surface area contributed by atoms with Crippen molar-refractivity contribution >= 4 is 17.6 Å². The van der Waals surface area contributed by atoms with Crippen LogP contribution in [0.1, 0.15) is 5.56 Å². The van der Waals surface area contributed by atoms with Crippen LogP contribution in [0.15, 0.2) is 24.3 Å². The van der Waals surface area contributed by atoms with E-state index in [9.17, 15) is 4.79 Å². The summed E-state index contributed by atoms with van der Waals surface area (Å²) in [5.74, 6) is -0.646. The maximum Gasteiger partial charge on any atom is 0.313 e. The van der Waals surface area contributed by atoms with E-state index in [4.69, 9.17) is 26.8 Å². The monoisotopic (exact) mass is 255 g/mol. The molecule has 2 N–H and O–H groups in total. The van der Waals surface area contributed by atoms with Gasteiger partial charge in [0.15, 0.2) is 0 Å². The summed E-state index contributed by atoms with van der Waals surface area (Å²) in [6.45, 7) is 1.00. The molecule has 0 amide bonds. The van der Waals surface area contributed by atoms with Crippen LogP contribution in [-0.2, 0) is 20.9 Å². The lowest BCUT2D eigenvalue weighted by Gasteiger charge is -2.12. The average Bonchev–Trinajstić information content (AvgIpc) is 2.74. The number of halogens is 1. The van der Waals surface area contributed by atoms with Crippen molar-refractivity contribution < 1.29 is 14.3 Å². The zero-order valence-corrected chi connectivity index (χ0v) is 10.0. The summed E-state index contributed by atoms with van der Waals surface area (Å²) < 4.78 is 10.3. The summed E-state index contributed by atoms with van der Waals surface area (Å²) in [4.78, 5) is 11.7. The van der Waals surface area contributed by atoms with Crippen LogP contribution >= 0.6 is 11.6 Å². The van der Waals surface area contributed by atoms with Crippen molar-refractivity contribution in [2.45, 2.75) is 12.6 Å². The second-order valence-corrected chi connectivity index (χ2v) is 4.48. The van der Waals surface area contributed by atoms with E-state index in [0.717, 1.165) is 5.56 Å². The SMILES string of the molecule is NC1COCC1C(=O)OCc1ccc(Cl)cc1. The molecule has 2 rings (SSSR count). The van der Waals surface area contributed by atoms with Gasteiger partial charge in [-0.05, 0) is 17.7 Å². The fourth-order valence-electron chi connectivity index (χ4n) is 1.66. The Morgan fingerprint density at radius 2 is 2.12 bits per heavy atom. The molecule has 1 aliphatic rings. The molecule has 1 aliphatic heterocycles. The van der Waals surface area contributed by atoms with Crippen LogP contribution < -0.4 is 5.73 Å². The van der Waals surface area contributed by atoms with Gasteiger partial charge in [0.25, 0.3) is 0 Å². The molecule has 1 heterocycles. The average molecular weight is 256 g/mol. The molecular formula is C12H14ClNO3. The van der Waals surface area contributed by atoms with E-state index < -0.39 is 0 Å². The second-order valence-electron chi connectivity index (χ2n) is 4.04. The normalized spacial score (nSPS) is 23.6. The molecule has 0 saturated carbocycles.